The van der Waals surface area contributed by atoms with Crippen LogP contribution in [-0.2, 0) is 43.3 Å². The predicted octanol–water partition coefficient (Wildman–Crippen LogP) is 6.47. The highest BCUT2D eigenvalue weighted by molar-refractivity contribution is 5.97. The average Bonchev–Trinajstić information content (AvgIpc) is 3.11. The molecule has 8 nitrogen and oxygen atoms in total. The third-order valence-corrected chi connectivity index (χ3v) is 8.14. The minimum Gasteiger partial charge on any atom is -0.461 e. The lowest BCUT2D eigenvalue weighted by Gasteiger charge is -2.22. The molecule has 2 atom stereocenters. The lowest BCUT2D eigenvalue weighted by molar-refractivity contribution is -0.153. The molecule has 5 rings (SSSR count). The van der Waals surface area contributed by atoms with Gasteiger partial charge in [0.1, 0.15) is 18.8 Å². The lowest BCUT2D eigenvalue weighted by atomic mass is 10.0. The summed E-state index contributed by atoms with van der Waals surface area (Å²) in [4.78, 5) is 51.7. The number of nitrogens with two attached hydrogens (primary N) is 1. The number of amides is 2. The van der Waals surface area contributed by atoms with Crippen LogP contribution < -0.4 is 11.1 Å². The molecule has 0 aliphatic rings. The topological polar surface area (TPSA) is 125 Å². The fourth-order valence-electron chi connectivity index (χ4n) is 5.66. The first kappa shape index (κ1) is 34.6. The molecule has 0 aromatic heterocycles. The summed E-state index contributed by atoms with van der Waals surface area (Å²) in [7, 11) is 0. The summed E-state index contributed by atoms with van der Waals surface area (Å²) < 4.78 is 11.3. The summed E-state index contributed by atoms with van der Waals surface area (Å²) in [6.07, 6.45) is 0.278. The monoisotopic (exact) mass is 656 g/mol. The van der Waals surface area contributed by atoms with E-state index in [1.807, 2.05) is 109 Å². The molecule has 0 saturated carbocycles. The zero-order valence-electron chi connectivity index (χ0n) is 27.3. The molecule has 5 aromatic rings. The molecule has 0 aliphatic heterocycles. The third-order valence-electron chi connectivity index (χ3n) is 8.14. The smallest absolute Gasteiger partial charge is 0.328 e. The van der Waals surface area contributed by atoms with Gasteiger partial charge in [-0.15, -0.1) is 0 Å². The molecule has 0 unspecified atom stereocenters. The van der Waals surface area contributed by atoms with E-state index in [0.717, 1.165) is 33.0 Å². The van der Waals surface area contributed by atoms with Crippen molar-refractivity contribution in [2.75, 3.05) is 0 Å². The van der Waals surface area contributed by atoms with Crippen LogP contribution in [0.4, 0.5) is 0 Å². The van der Waals surface area contributed by atoms with Gasteiger partial charge in [0.05, 0.1) is 6.42 Å². The van der Waals surface area contributed by atoms with Crippen LogP contribution in [0.2, 0.25) is 0 Å². The van der Waals surface area contributed by atoms with Gasteiger partial charge in [0.15, 0.2) is 0 Å². The van der Waals surface area contributed by atoms with Crippen molar-refractivity contribution < 1.29 is 28.7 Å². The van der Waals surface area contributed by atoms with E-state index in [1.165, 1.54) is 0 Å². The molecule has 0 heterocycles. The second-order valence-corrected chi connectivity index (χ2v) is 12.0. The Labute approximate surface area is 286 Å². The quantitative estimate of drug-likeness (QED) is 0.117. The predicted molar refractivity (Wildman–Crippen MR) is 188 cm³/mol. The number of carbonyl (C=O) groups is 4. The number of nitrogens with one attached hydrogen (secondary N) is 1. The molecular weight excluding hydrogens is 616 g/mol. The molecule has 5 aromatic carbocycles. The maximum absolute atomic E-state index is 13.7. The van der Waals surface area contributed by atoms with Crippen LogP contribution in [0.15, 0.2) is 127 Å². The van der Waals surface area contributed by atoms with Gasteiger partial charge in [-0.05, 0) is 64.4 Å². The Morgan fingerprint density at radius 3 is 2.08 bits per heavy atom. The van der Waals surface area contributed by atoms with E-state index in [2.05, 4.69) is 5.32 Å². The van der Waals surface area contributed by atoms with Gasteiger partial charge in [-0.3, -0.25) is 14.4 Å². The third kappa shape index (κ3) is 10.9. The van der Waals surface area contributed by atoms with E-state index in [4.69, 9.17) is 15.2 Å². The Balaban J connectivity index is 1.28. The number of carbonyl (C=O) groups excluding carboxylic acids is 4. The maximum atomic E-state index is 13.7. The molecule has 0 radical (unpaired) electrons. The fourth-order valence-corrected chi connectivity index (χ4v) is 5.66. The molecule has 0 spiro atoms. The van der Waals surface area contributed by atoms with Crippen molar-refractivity contribution in [3.63, 3.8) is 0 Å². The first-order valence-electron chi connectivity index (χ1n) is 16.4. The van der Waals surface area contributed by atoms with Gasteiger partial charge in [-0.25, -0.2) is 4.79 Å². The van der Waals surface area contributed by atoms with E-state index < -0.39 is 35.9 Å². The van der Waals surface area contributed by atoms with E-state index >= 15 is 0 Å². The van der Waals surface area contributed by atoms with Gasteiger partial charge in [0, 0.05) is 18.4 Å². The Kier molecular flexibility index (Phi) is 12.3. The molecule has 0 bridgehead atoms. The minimum absolute atomic E-state index is 0.0425. The van der Waals surface area contributed by atoms with Gasteiger partial charge in [-0.1, -0.05) is 115 Å². The van der Waals surface area contributed by atoms with Crippen LogP contribution in [0.1, 0.15) is 58.3 Å². The van der Waals surface area contributed by atoms with Crippen LogP contribution in [0.5, 0.6) is 0 Å². The second-order valence-electron chi connectivity index (χ2n) is 12.0. The fraction of sp³-hybridized carbons (Fsp3) is 0.220. The van der Waals surface area contributed by atoms with E-state index in [1.54, 1.807) is 18.2 Å². The van der Waals surface area contributed by atoms with Gasteiger partial charge in [-0.2, -0.15) is 0 Å². The average molecular weight is 657 g/mol. The molecular formula is C41H40N2O6. The van der Waals surface area contributed by atoms with Crippen molar-refractivity contribution in [1.82, 2.24) is 5.32 Å². The standard InChI is InChI=1S/C41H40N2O6/c42-38(44)27-36(26-32-21-22-33-16-7-8-17-34(33)24-32)49-41(47)37(19-10-20-39(45)48-28-30-13-5-2-6-14-30)43-40(46)35-18-9-15-31(25-35)23-29-11-3-1-4-12-29/h1-9,11-18,21-22,24-25,36-37H,10,19-20,23,26-28H2,(H2,42,44)(H,43,46)/t36-,37-/m0/s1. The number of fused-ring (bicyclic) bond motifs is 1. The molecule has 3 N–H and O–H groups in total. The van der Waals surface area contributed by atoms with E-state index in [0.29, 0.717) is 12.0 Å². The summed E-state index contributed by atoms with van der Waals surface area (Å²) in [6.45, 7) is 0.144. The minimum atomic E-state index is -1.08. The van der Waals surface area contributed by atoms with Crippen molar-refractivity contribution in [2.45, 2.75) is 57.3 Å². The number of esters is 2. The van der Waals surface area contributed by atoms with E-state index in [9.17, 15) is 19.2 Å². The Morgan fingerprint density at radius 1 is 0.673 bits per heavy atom. The second kappa shape index (κ2) is 17.4. The summed E-state index contributed by atoms with van der Waals surface area (Å²) in [5.41, 5.74) is 9.72. The largest absolute Gasteiger partial charge is 0.461 e. The molecule has 0 fully saturated rings. The number of primary amides is 1. The van der Waals surface area contributed by atoms with Crippen molar-refractivity contribution in [1.29, 1.82) is 0 Å². The lowest BCUT2D eigenvalue weighted by Crippen LogP contribution is -2.43. The summed E-state index contributed by atoms with van der Waals surface area (Å²) in [6, 6.07) is 39.2. The van der Waals surface area contributed by atoms with Crippen LogP contribution in [0, 0.1) is 0 Å². The van der Waals surface area contributed by atoms with Gasteiger partial charge in [0.2, 0.25) is 5.91 Å². The molecule has 250 valence electrons. The maximum Gasteiger partial charge on any atom is 0.328 e. The highest BCUT2D eigenvalue weighted by Gasteiger charge is 2.27. The SMILES string of the molecule is NC(=O)C[C@H](Cc1ccc2ccccc2c1)OC(=O)[C@H](CCCC(=O)OCc1ccccc1)NC(=O)c1cccc(Cc2ccccc2)c1. The first-order chi connectivity index (χ1) is 23.8. The Hall–Kier alpha value is -5.76. The number of ether oxygens (including phenoxy) is 2. The molecule has 8 heteroatoms. The number of benzene rings is 5. The summed E-state index contributed by atoms with van der Waals surface area (Å²) in [5, 5.41) is 4.90. The zero-order valence-corrected chi connectivity index (χ0v) is 27.3. The molecule has 0 aliphatic carbocycles. The van der Waals surface area contributed by atoms with Crippen LogP contribution >= 0.6 is 0 Å². The van der Waals surface area contributed by atoms with Crippen molar-refractivity contribution in [3.8, 4) is 0 Å². The number of hydrogen-bond donors (Lipinski definition) is 2. The summed E-state index contributed by atoms with van der Waals surface area (Å²) in [5.74, 6) is -2.20. The van der Waals surface area contributed by atoms with Crippen LogP contribution in [0.25, 0.3) is 10.8 Å². The summed E-state index contributed by atoms with van der Waals surface area (Å²) >= 11 is 0. The van der Waals surface area contributed by atoms with Gasteiger partial charge >= 0.3 is 11.9 Å². The Bertz CT molecular complexity index is 1880. The number of rotatable bonds is 16. The van der Waals surface area contributed by atoms with Crippen molar-refractivity contribution >= 4 is 34.5 Å². The Morgan fingerprint density at radius 2 is 1.35 bits per heavy atom. The van der Waals surface area contributed by atoms with Crippen LogP contribution in [-0.4, -0.2) is 35.9 Å². The van der Waals surface area contributed by atoms with Crippen LogP contribution in [0.3, 0.4) is 0 Å². The van der Waals surface area contributed by atoms with Gasteiger partial charge < -0.3 is 20.5 Å². The van der Waals surface area contributed by atoms with Crippen molar-refractivity contribution in [2.24, 2.45) is 5.73 Å². The molecule has 0 saturated heterocycles. The van der Waals surface area contributed by atoms with Gasteiger partial charge in [0.25, 0.3) is 5.91 Å². The molecule has 49 heavy (non-hydrogen) atoms. The highest BCUT2D eigenvalue weighted by atomic mass is 16.5. The first-order valence-corrected chi connectivity index (χ1v) is 16.4. The highest BCUT2D eigenvalue weighted by Crippen LogP contribution is 2.19. The zero-order chi connectivity index (χ0) is 34.4. The van der Waals surface area contributed by atoms with Crippen molar-refractivity contribution in [3.05, 3.63) is 155 Å². The molecule has 2 amide bonds. The van der Waals surface area contributed by atoms with E-state index in [-0.39, 0.29) is 38.7 Å². The number of hydrogen-bond acceptors (Lipinski definition) is 6. The normalized spacial score (nSPS) is 12.1.